The summed E-state index contributed by atoms with van der Waals surface area (Å²) in [6.45, 7) is 2.09. The lowest BCUT2D eigenvalue weighted by Crippen LogP contribution is -2.54. The molecule has 2 atom stereocenters. The van der Waals surface area contributed by atoms with Crippen molar-refractivity contribution in [3.05, 3.63) is 164 Å². The number of benzene rings is 5. The molecule has 1 fully saturated rings. The Bertz CT molecular complexity index is 2130. The largest absolute Gasteiger partial charge is 0.487 e. The fourth-order valence-electron chi connectivity index (χ4n) is 7.54. The highest BCUT2D eigenvalue weighted by molar-refractivity contribution is 6.39. The van der Waals surface area contributed by atoms with Gasteiger partial charge in [-0.3, -0.25) is 14.9 Å². The summed E-state index contributed by atoms with van der Waals surface area (Å²) >= 11 is 12.7. The molecule has 254 valence electrons. The van der Waals surface area contributed by atoms with Crippen LogP contribution in [0.2, 0.25) is 10.0 Å². The summed E-state index contributed by atoms with van der Waals surface area (Å²) < 4.78 is 5.90. The fourth-order valence-corrected chi connectivity index (χ4v) is 8.00. The van der Waals surface area contributed by atoms with Crippen molar-refractivity contribution in [1.82, 2.24) is 5.32 Å². The normalized spacial score (nSPS) is 19.2. The summed E-state index contributed by atoms with van der Waals surface area (Å²) in [4.78, 5) is 44.5. The molecule has 7 nitrogen and oxygen atoms in total. The fraction of sp³-hybridized carbons (Fsp3) is 0.167. The van der Waals surface area contributed by atoms with Crippen molar-refractivity contribution < 1.29 is 19.1 Å². The van der Waals surface area contributed by atoms with Crippen LogP contribution >= 0.6 is 23.2 Å². The van der Waals surface area contributed by atoms with Crippen LogP contribution in [0, 0.1) is 0 Å². The third-order valence-electron chi connectivity index (χ3n) is 9.91. The van der Waals surface area contributed by atoms with Crippen molar-refractivity contribution >= 4 is 58.5 Å². The number of hydrogen-bond acceptors (Lipinski definition) is 5. The minimum Gasteiger partial charge on any atom is -0.487 e. The number of urea groups is 1. The number of imide groups is 2. The zero-order valence-corrected chi connectivity index (χ0v) is 29.0. The number of rotatable bonds is 7. The second-order valence-electron chi connectivity index (χ2n) is 13.0. The minimum absolute atomic E-state index is 0.0759. The number of nitrogens with one attached hydrogen (secondary N) is 1. The number of ether oxygens (including phenoxy) is 1. The summed E-state index contributed by atoms with van der Waals surface area (Å²) in [5.41, 5.74) is 7.32. The first-order valence-electron chi connectivity index (χ1n) is 16.9. The smallest absolute Gasteiger partial charge is 0.335 e. The van der Waals surface area contributed by atoms with Crippen LogP contribution in [0.5, 0.6) is 5.75 Å². The Balaban J connectivity index is 1.16. The van der Waals surface area contributed by atoms with Crippen LogP contribution in [-0.2, 0) is 16.2 Å². The van der Waals surface area contributed by atoms with Gasteiger partial charge < -0.3 is 9.64 Å². The van der Waals surface area contributed by atoms with Gasteiger partial charge in [-0.05, 0) is 88.7 Å². The number of amides is 4. The van der Waals surface area contributed by atoms with Crippen molar-refractivity contribution in [3.63, 3.8) is 0 Å². The number of anilines is 2. The van der Waals surface area contributed by atoms with E-state index >= 15 is 0 Å². The van der Waals surface area contributed by atoms with E-state index in [-0.39, 0.29) is 24.0 Å². The lowest BCUT2D eigenvalue weighted by molar-refractivity contribution is -0.122. The summed E-state index contributed by atoms with van der Waals surface area (Å²) in [5, 5.41) is 3.32. The van der Waals surface area contributed by atoms with Gasteiger partial charge in [-0.15, -0.1) is 0 Å². The number of hydrogen-bond donors (Lipinski definition) is 1. The van der Waals surface area contributed by atoms with Gasteiger partial charge in [0.2, 0.25) is 0 Å². The molecule has 0 unspecified atom stereocenters. The van der Waals surface area contributed by atoms with Crippen molar-refractivity contribution in [2.75, 3.05) is 22.9 Å². The van der Waals surface area contributed by atoms with Gasteiger partial charge in [-0.1, -0.05) is 102 Å². The molecule has 0 aromatic heterocycles. The molecular weight excluding hydrogens is 681 g/mol. The first-order valence-corrected chi connectivity index (χ1v) is 17.7. The van der Waals surface area contributed by atoms with Gasteiger partial charge >= 0.3 is 6.03 Å². The second kappa shape index (κ2) is 13.7. The summed E-state index contributed by atoms with van der Waals surface area (Å²) in [7, 11) is 0. The third kappa shape index (κ3) is 6.39. The molecule has 3 aliphatic rings. The summed E-state index contributed by atoms with van der Waals surface area (Å²) in [6.07, 6.45) is 3.26. The highest BCUT2D eigenvalue weighted by Crippen LogP contribution is 2.50. The molecule has 3 heterocycles. The predicted octanol–water partition coefficient (Wildman–Crippen LogP) is 9.12. The molecule has 0 aliphatic carbocycles. The topological polar surface area (TPSA) is 79.0 Å². The number of barbiturate groups is 1. The van der Waals surface area contributed by atoms with Crippen molar-refractivity contribution in [2.24, 2.45) is 0 Å². The number of nitrogens with zero attached hydrogens (tertiary/aromatic N) is 2. The lowest BCUT2D eigenvalue weighted by atomic mass is 9.76. The Morgan fingerprint density at radius 2 is 1.39 bits per heavy atom. The molecule has 0 spiro atoms. The molecule has 5 aromatic rings. The van der Waals surface area contributed by atoms with Gasteiger partial charge in [0.1, 0.15) is 17.9 Å². The van der Waals surface area contributed by atoms with Gasteiger partial charge in [0, 0.05) is 35.6 Å². The zero-order valence-electron chi connectivity index (χ0n) is 27.5. The molecule has 51 heavy (non-hydrogen) atoms. The van der Waals surface area contributed by atoms with E-state index in [0.717, 1.165) is 47.5 Å². The van der Waals surface area contributed by atoms with Crippen LogP contribution < -0.4 is 19.9 Å². The Morgan fingerprint density at radius 3 is 2.00 bits per heavy atom. The molecule has 1 saturated heterocycles. The Morgan fingerprint density at radius 1 is 0.745 bits per heavy atom. The van der Waals surface area contributed by atoms with Crippen LogP contribution in [0.25, 0.3) is 6.08 Å². The van der Waals surface area contributed by atoms with E-state index in [1.54, 1.807) is 24.3 Å². The van der Waals surface area contributed by atoms with Gasteiger partial charge in [0.05, 0.1) is 10.7 Å². The standard InChI is InChI=1S/C42H33Cl2N3O4/c43-30-13-7-8-27(20-30)25-51-38-15-14-26(22-37(38)44)21-36-40(48)45-42(50)47(41(36)49)31-23-34-32(28-9-3-1-4-10-28)16-18-46-19-17-33(35(24-31)39(34)46)29-11-5-2-6-12-29/h1-15,20-24,32-33H,16-19,25H2,(H,45,48,50)/b36-21+/t32-,33-/m0/s1. The van der Waals surface area contributed by atoms with Crippen molar-refractivity contribution in [3.8, 4) is 5.75 Å². The van der Waals surface area contributed by atoms with Crippen molar-refractivity contribution in [1.29, 1.82) is 0 Å². The maximum atomic E-state index is 14.2. The predicted molar refractivity (Wildman–Crippen MR) is 201 cm³/mol. The summed E-state index contributed by atoms with van der Waals surface area (Å²) in [5.74, 6) is -0.884. The molecule has 0 saturated carbocycles. The van der Waals surface area contributed by atoms with E-state index in [4.69, 9.17) is 27.9 Å². The molecule has 5 aromatic carbocycles. The molecule has 9 heteroatoms. The second-order valence-corrected chi connectivity index (χ2v) is 13.9. The minimum atomic E-state index is -0.784. The number of carbonyl (C=O) groups is 3. The van der Waals surface area contributed by atoms with Crippen LogP contribution in [0.3, 0.4) is 0 Å². The van der Waals surface area contributed by atoms with E-state index in [1.165, 1.54) is 22.9 Å². The Hall–Kier alpha value is -5.37. The molecule has 8 rings (SSSR count). The highest BCUT2D eigenvalue weighted by Gasteiger charge is 2.40. The summed E-state index contributed by atoms with van der Waals surface area (Å²) in [6, 6.07) is 36.2. The first kappa shape index (κ1) is 32.8. The average Bonchev–Trinajstić information content (AvgIpc) is 3.14. The van der Waals surface area contributed by atoms with E-state index in [2.05, 4.69) is 34.5 Å². The van der Waals surface area contributed by atoms with Crippen LogP contribution in [0.1, 0.15) is 58.1 Å². The van der Waals surface area contributed by atoms with Crippen molar-refractivity contribution in [2.45, 2.75) is 31.3 Å². The van der Waals surface area contributed by atoms with E-state index in [0.29, 0.717) is 27.0 Å². The van der Waals surface area contributed by atoms with E-state index in [1.807, 2.05) is 66.7 Å². The zero-order chi connectivity index (χ0) is 35.1. The molecular formula is C42H33Cl2N3O4. The number of halogens is 2. The first-order chi connectivity index (χ1) is 24.8. The van der Waals surface area contributed by atoms with Crippen LogP contribution in [0.4, 0.5) is 16.2 Å². The average molecular weight is 715 g/mol. The Labute approximate surface area is 306 Å². The molecule has 4 amide bonds. The van der Waals surface area contributed by atoms with Crippen LogP contribution in [0.15, 0.2) is 121 Å². The quantitative estimate of drug-likeness (QED) is 0.134. The van der Waals surface area contributed by atoms with Gasteiger partial charge in [0.15, 0.2) is 0 Å². The number of carbonyl (C=O) groups excluding carboxylic acids is 3. The maximum Gasteiger partial charge on any atom is 0.335 e. The van der Waals surface area contributed by atoms with Crippen LogP contribution in [-0.4, -0.2) is 30.9 Å². The Kier molecular flexibility index (Phi) is 8.84. The lowest BCUT2D eigenvalue weighted by Gasteiger charge is -2.44. The van der Waals surface area contributed by atoms with Gasteiger partial charge in [-0.2, -0.15) is 0 Å². The monoisotopic (exact) mass is 713 g/mol. The third-order valence-corrected chi connectivity index (χ3v) is 10.4. The van der Waals surface area contributed by atoms with E-state index in [9.17, 15) is 14.4 Å². The maximum absolute atomic E-state index is 14.2. The molecule has 1 N–H and O–H groups in total. The van der Waals surface area contributed by atoms with Gasteiger partial charge in [0.25, 0.3) is 11.8 Å². The SMILES string of the molecule is O=C1NC(=O)N(c2cc3c4c(c2)[C@H](c2ccccc2)CCN4CC[C@H]3c2ccccc2)C(=O)/C1=C/c1ccc(OCc2cccc(Cl)c2)c(Cl)c1. The highest BCUT2D eigenvalue weighted by atomic mass is 35.5. The van der Waals surface area contributed by atoms with Gasteiger partial charge in [-0.25, -0.2) is 9.69 Å². The molecule has 0 radical (unpaired) electrons. The van der Waals surface area contributed by atoms with E-state index < -0.39 is 17.8 Å². The molecule has 3 aliphatic heterocycles. The molecule has 0 bridgehead atoms.